The van der Waals surface area contributed by atoms with Crippen molar-refractivity contribution in [2.75, 3.05) is 25.8 Å². The van der Waals surface area contributed by atoms with E-state index in [9.17, 15) is 4.79 Å². The summed E-state index contributed by atoms with van der Waals surface area (Å²) < 4.78 is 16.6. The molecule has 4 rings (SSSR count). The van der Waals surface area contributed by atoms with E-state index in [1.54, 1.807) is 14.2 Å². The van der Waals surface area contributed by atoms with Crippen LogP contribution >= 0.6 is 0 Å². The van der Waals surface area contributed by atoms with Crippen molar-refractivity contribution in [1.29, 1.82) is 0 Å². The summed E-state index contributed by atoms with van der Waals surface area (Å²) in [5.41, 5.74) is 2.56. The molecule has 162 valence electrons. The quantitative estimate of drug-likeness (QED) is 0.613. The van der Waals surface area contributed by atoms with Gasteiger partial charge in [-0.1, -0.05) is 24.6 Å². The van der Waals surface area contributed by atoms with Crippen molar-refractivity contribution in [2.45, 2.75) is 32.6 Å². The van der Waals surface area contributed by atoms with Crippen molar-refractivity contribution in [3.05, 3.63) is 60.2 Å². The maximum Gasteiger partial charge on any atom is 0.321 e. The van der Waals surface area contributed by atoms with Crippen LogP contribution in [0.3, 0.4) is 0 Å². The molecular formula is C25H28N2O4. The first-order chi connectivity index (χ1) is 15.1. The lowest BCUT2D eigenvalue weighted by Gasteiger charge is -2.40. The Labute approximate surface area is 183 Å². The van der Waals surface area contributed by atoms with E-state index in [1.807, 2.05) is 66.5 Å². The predicted molar refractivity (Wildman–Crippen MR) is 121 cm³/mol. The van der Waals surface area contributed by atoms with Gasteiger partial charge < -0.3 is 14.2 Å². The third kappa shape index (κ3) is 3.78. The number of nitrogens with zero attached hydrogens (tertiary/aromatic N) is 2. The molecule has 0 aromatic heterocycles. The van der Waals surface area contributed by atoms with Gasteiger partial charge in [-0.05, 0) is 56.5 Å². The molecule has 6 heteroatoms. The van der Waals surface area contributed by atoms with Crippen LogP contribution in [0.25, 0.3) is 5.70 Å². The number of methoxy groups -OCH3 is 2. The van der Waals surface area contributed by atoms with Gasteiger partial charge in [0.2, 0.25) is 0 Å². The van der Waals surface area contributed by atoms with Gasteiger partial charge in [0.1, 0.15) is 16.9 Å². The van der Waals surface area contributed by atoms with Crippen LogP contribution in [0.4, 0.5) is 5.69 Å². The Morgan fingerprint density at radius 3 is 2.61 bits per heavy atom. The van der Waals surface area contributed by atoms with Crippen molar-refractivity contribution >= 4 is 23.1 Å². The molecule has 6 nitrogen and oxygen atoms in total. The molecule has 1 atom stereocenters. The van der Waals surface area contributed by atoms with Gasteiger partial charge >= 0.3 is 5.97 Å². The monoisotopic (exact) mass is 420 g/mol. The molecule has 1 saturated carbocycles. The average molecular weight is 421 g/mol. The second-order valence-electron chi connectivity index (χ2n) is 7.69. The van der Waals surface area contributed by atoms with E-state index in [1.165, 1.54) is 0 Å². The Hall–Kier alpha value is -3.28. The first-order valence-corrected chi connectivity index (χ1v) is 10.7. The second-order valence-corrected chi connectivity index (χ2v) is 7.69. The predicted octanol–water partition coefficient (Wildman–Crippen LogP) is 5.04. The zero-order chi connectivity index (χ0) is 21.8. The van der Waals surface area contributed by atoms with Crippen LogP contribution in [0.2, 0.25) is 0 Å². The Bertz CT molecular complexity index is 1020. The van der Waals surface area contributed by atoms with E-state index >= 15 is 0 Å². The highest BCUT2D eigenvalue weighted by Gasteiger charge is 2.48. The number of hydrogen-bond donors (Lipinski definition) is 0. The van der Waals surface area contributed by atoms with Gasteiger partial charge in [0.15, 0.2) is 0 Å². The van der Waals surface area contributed by atoms with Crippen LogP contribution in [0.1, 0.15) is 38.2 Å². The van der Waals surface area contributed by atoms with Crippen LogP contribution < -0.4 is 14.5 Å². The molecule has 0 bridgehead atoms. The highest BCUT2D eigenvalue weighted by atomic mass is 16.5. The number of fused-ring (bicyclic) bond motifs is 1. The summed E-state index contributed by atoms with van der Waals surface area (Å²) in [6.45, 7) is 2.18. The Kier molecular flexibility index (Phi) is 5.98. The number of benzene rings is 2. The summed E-state index contributed by atoms with van der Waals surface area (Å²) in [7, 11) is 3.25. The molecule has 1 heterocycles. The number of carbonyl (C=O) groups is 1. The van der Waals surface area contributed by atoms with Gasteiger partial charge in [-0.25, -0.2) is 5.01 Å². The fourth-order valence-electron chi connectivity index (χ4n) is 4.33. The van der Waals surface area contributed by atoms with Crippen molar-refractivity contribution in [2.24, 2.45) is 10.5 Å². The first kappa shape index (κ1) is 21.0. The Morgan fingerprint density at radius 1 is 1.10 bits per heavy atom. The molecule has 31 heavy (non-hydrogen) atoms. The number of anilines is 1. The van der Waals surface area contributed by atoms with Crippen LogP contribution in [0.5, 0.6) is 11.5 Å². The van der Waals surface area contributed by atoms with Crippen LogP contribution in [0.15, 0.2) is 59.7 Å². The number of para-hydroxylation sites is 1. The third-order valence-electron chi connectivity index (χ3n) is 5.91. The molecule has 0 saturated heterocycles. The molecule has 2 aromatic rings. The lowest BCUT2D eigenvalue weighted by Crippen LogP contribution is -2.45. The minimum absolute atomic E-state index is 0.230. The highest BCUT2D eigenvalue weighted by molar-refractivity contribution is 6.13. The first-order valence-electron chi connectivity index (χ1n) is 10.7. The fraction of sp³-hybridized carbons (Fsp3) is 0.360. The zero-order valence-corrected chi connectivity index (χ0v) is 18.3. The van der Waals surface area contributed by atoms with Crippen molar-refractivity contribution < 1.29 is 19.0 Å². The summed E-state index contributed by atoms with van der Waals surface area (Å²) in [6, 6.07) is 15.6. The zero-order valence-electron chi connectivity index (χ0n) is 18.3. The maximum absolute atomic E-state index is 13.2. The van der Waals surface area contributed by atoms with Gasteiger partial charge in [-0.15, -0.1) is 0 Å². The molecule has 1 aliphatic heterocycles. The number of rotatable bonds is 6. The lowest BCUT2D eigenvalue weighted by atomic mass is 9.70. The van der Waals surface area contributed by atoms with Gasteiger partial charge in [0.25, 0.3) is 0 Å². The normalized spacial score (nSPS) is 20.3. The minimum atomic E-state index is -0.847. The number of hydrazone groups is 1. The van der Waals surface area contributed by atoms with E-state index < -0.39 is 5.41 Å². The summed E-state index contributed by atoms with van der Waals surface area (Å²) in [5, 5.41) is 6.92. The number of carbonyl (C=O) groups excluding carboxylic acids is 1. The molecule has 2 aromatic carbocycles. The van der Waals surface area contributed by atoms with Crippen LogP contribution in [0, 0.1) is 5.41 Å². The van der Waals surface area contributed by atoms with Crippen molar-refractivity contribution in [1.82, 2.24) is 0 Å². The fourth-order valence-corrected chi connectivity index (χ4v) is 4.33. The Morgan fingerprint density at radius 2 is 1.90 bits per heavy atom. The smallest absolute Gasteiger partial charge is 0.321 e. The van der Waals surface area contributed by atoms with E-state index in [0.717, 1.165) is 41.9 Å². The summed E-state index contributed by atoms with van der Waals surface area (Å²) in [6.07, 6.45) is 5.45. The van der Waals surface area contributed by atoms with Gasteiger partial charge in [0, 0.05) is 11.6 Å². The van der Waals surface area contributed by atoms with E-state index in [0.29, 0.717) is 24.5 Å². The molecule has 0 spiro atoms. The highest BCUT2D eigenvalue weighted by Crippen LogP contribution is 2.46. The molecule has 1 unspecified atom stereocenters. The molecule has 2 aliphatic rings. The van der Waals surface area contributed by atoms with Crippen LogP contribution in [-0.2, 0) is 9.53 Å². The van der Waals surface area contributed by atoms with Gasteiger partial charge in [-0.2, -0.15) is 5.10 Å². The summed E-state index contributed by atoms with van der Waals surface area (Å²) in [5.74, 6) is 1.12. The van der Waals surface area contributed by atoms with E-state index in [4.69, 9.17) is 19.3 Å². The number of esters is 1. The largest absolute Gasteiger partial charge is 0.497 e. The average Bonchev–Trinajstić information content (AvgIpc) is 2.83. The molecule has 1 aliphatic carbocycles. The number of hydrogen-bond acceptors (Lipinski definition) is 6. The van der Waals surface area contributed by atoms with Crippen molar-refractivity contribution in [3.8, 4) is 11.5 Å². The summed E-state index contributed by atoms with van der Waals surface area (Å²) >= 11 is 0. The van der Waals surface area contributed by atoms with Gasteiger partial charge in [0.05, 0.1) is 37.9 Å². The molecule has 0 amide bonds. The lowest BCUT2D eigenvalue weighted by molar-refractivity contribution is -0.149. The van der Waals surface area contributed by atoms with Crippen LogP contribution in [-0.4, -0.2) is 32.5 Å². The topological polar surface area (TPSA) is 60.4 Å². The number of ether oxygens (including phenoxy) is 3. The van der Waals surface area contributed by atoms with Gasteiger partial charge in [-0.3, -0.25) is 4.79 Å². The Balaban J connectivity index is 1.92. The molecular weight excluding hydrogens is 392 g/mol. The maximum atomic E-state index is 13.2. The summed E-state index contributed by atoms with van der Waals surface area (Å²) in [4.78, 5) is 13.2. The molecule has 0 radical (unpaired) electrons. The van der Waals surface area contributed by atoms with Crippen molar-refractivity contribution in [3.63, 3.8) is 0 Å². The molecule has 1 fully saturated rings. The SMILES string of the molecule is CCOC(=O)C12C=C(c3ccc(OC)cc3OC)N(c3ccccc3)N=C1CCCC2. The van der Waals surface area contributed by atoms with E-state index in [-0.39, 0.29) is 5.97 Å². The van der Waals surface area contributed by atoms with E-state index in [2.05, 4.69) is 0 Å². The third-order valence-corrected chi connectivity index (χ3v) is 5.91. The molecule has 0 N–H and O–H groups in total. The second kappa shape index (κ2) is 8.84. The standard InChI is InChI=1S/C25H28N2O4/c1-4-31-24(28)25-15-9-8-12-23(25)26-27(18-10-6-5-7-11-18)21(17-25)20-14-13-19(29-2)16-22(20)30-3/h5-7,10-11,13-14,16-17H,4,8-9,12,15H2,1-3H3. The minimum Gasteiger partial charge on any atom is -0.497 e.